The standard InChI is InChI=1S/C12H12F2N2O/c1-15-10-6-11(12(13)14)16-9-4-3-7(17-2)5-8(9)10/h3-6,12H,1-2H3,(H,15,16). The topological polar surface area (TPSA) is 34.2 Å². The molecule has 5 heteroatoms. The van der Waals surface area contributed by atoms with Crippen molar-refractivity contribution in [3.8, 4) is 5.75 Å². The lowest BCUT2D eigenvalue weighted by molar-refractivity contribution is 0.146. The van der Waals surface area contributed by atoms with Gasteiger partial charge in [0.15, 0.2) is 0 Å². The molecule has 2 aromatic rings. The zero-order chi connectivity index (χ0) is 12.4. The molecule has 1 heterocycles. The number of nitrogens with one attached hydrogen (secondary N) is 1. The van der Waals surface area contributed by atoms with Gasteiger partial charge in [-0.05, 0) is 24.3 Å². The first-order chi connectivity index (χ1) is 8.15. The molecule has 1 aromatic heterocycles. The van der Waals surface area contributed by atoms with Gasteiger partial charge in [-0.25, -0.2) is 13.8 Å². The van der Waals surface area contributed by atoms with Crippen LogP contribution in [0.5, 0.6) is 5.75 Å². The zero-order valence-corrected chi connectivity index (χ0v) is 9.50. The van der Waals surface area contributed by atoms with Gasteiger partial charge in [0, 0.05) is 18.1 Å². The Morgan fingerprint density at radius 2 is 2.06 bits per heavy atom. The van der Waals surface area contributed by atoms with Crippen LogP contribution in [0.2, 0.25) is 0 Å². The van der Waals surface area contributed by atoms with Crippen LogP contribution in [0.1, 0.15) is 12.1 Å². The Kier molecular flexibility index (Phi) is 3.08. The zero-order valence-electron chi connectivity index (χ0n) is 9.50. The van der Waals surface area contributed by atoms with E-state index in [0.717, 1.165) is 5.39 Å². The summed E-state index contributed by atoms with van der Waals surface area (Å²) in [7, 11) is 3.24. The van der Waals surface area contributed by atoms with Crippen molar-refractivity contribution in [1.29, 1.82) is 0 Å². The second-order valence-corrected chi connectivity index (χ2v) is 3.53. The van der Waals surface area contributed by atoms with Crippen molar-refractivity contribution in [1.82, 2.24) is 4.98 Å². The fraction of sp³-hybridized carbons (Fsp3) is 0.250. The summed E-state index contributed by atoms with van der Waals surface area (Å²) in [5, 5.41) is 3.65. The molecule has 0 unspecified atom stereocenters. The van der Waals surface area contributed by atoms with Gasteiger partial charge in [0.2, 0.25) is 0 Å². The highest BCUT2D eigenvalue weighted by Crippen LogP contribution is 2.29. The second kappa shape index (κ2) is 4.53. The Labute approximate surface area is 97.4 Å². The highest BCUT2D eigenvalue weighted by molar-refractivity contribution is 5.92. The fourth-order valence-corrected chi connectivity index (χ4v) is 1.67. The van der Waals surface area contributed by atoms with Crippen LogP contribution in [0.25, 0.3) is 10.9 Å². The minimum atomic E-state index is -2.58. The third kappa shape index (κ3) is 2.13. The van der Waals surface area contributed by atoms with Gasteiger partial charge in [-0.3, -0.25) is 0 Å². The largest absolute Gasteiger partial charge is 0.497 e. The molecule has 0 radical (unpaired) electrons. The summed E-state index contributed by atoms with van der Waals surface area (Å²) in [4.78, 5) is 3.91. The minimum absolute atomic E-state index is 0.230. The first-order valence-electron chi connectivity index (χ1n) is 5.10. The fourth-order valence-electron chi connectivity index (χ4n) is 1.67. The molecule has 90 valence electrons. The van der Waals surface area contributed by atoms with Gasteiger partial charge in [-0.15, -0.1) is 0 Å². The van der Waals surface area contributed by atoms with Gasteiger partial charge in [0.1, 0.15) is 11.4 Å². The van der Waals surface area contributed by atoms with E-state index in [9.17, 15) is 8.78 Å². The van der Waals surface area contributed by atoms with Crippen LogP contribution in [-0.2, 0) is 0 Å². The Hall–Kier alpha value is -1.91. The van der Waals surface area contributed by atoms with E-state index in [0.29, 0.717) is 17.0 Å². The molecule has 0 saturated heterocycles. The minimum Gasteiger partial charge on any atom is -0.497 e. The third-order valence-corrected chi connectivity index (χ3v) is 2.53. The van der Waals surface area contributed by atoms with Crippen molar-refractivity contribution in [2.24, 2.45) is 0 Å². The van der Waals surface area contributed by atoms with Gasteiger partial charge in [-0.1, -0.05) is 0 Å². The number of nitrogens with zero attached hydrogens (tertiary/aromatic N) is 1. The highest BCUT2D eigenvalue weighted by Gasteiger charge is 2.13. The predicted octanol–water partition coefficient (Wildman–Crippen LogP) is 3.22. The normalized spacial score (nSPS) is 10.9. The number of hydrogen-bond donors (Lipinski definition) is 1. The average molecular weight is 238 g/mol. The van der Waals surface area contributed by atoms with Crippen LogP contribution in [-0.4, -0.2) is 19.1 Å². The Morgan fingerprint density at radius 1 is 1.29 bits per heavy atom. The van der Waals surface area contributed by atoms with Crippen LogP contribution >= 0.6 is 0 Å². The van der Waals surface area contributed by atoms with Gasteiger partial charge < -0.3 is 10.1 Å². The Balaban J connectivity index is 2.68. The molecule has 0 atom stereocenters. The first kappa shape index (κ1) is 11.6. The van der Waals surface area contributed by atoms with Gasteiger partial charge >= 0.3 is 0 Å². The summed E-state index contributed by atoms with van der Waals surface area (Å²) in [6, 6.07) is 6.49. The summed E-state index contributed by atoms with van der Waals surface area (Å²) >= 11 is 0. The maximum Gasteiger partial charge on any atom is 0.280 e. The number of fused-ring (bicyclic) bond motifs is 1. The molecule has 3 nitrogen and oxygen atoms in total. The smallest absolute Gasteiger partial charge is 0.280 e. The van der Waals surface area contributed by atoms with Gasteiger partial charge in [0.25, 0.3) is 6.43 Å². The number of anilines is 1. The number of pyridine rings is 1. The van der Waals surface area contributed by atoms with Crippen LogP contribution in [0, 0.1) is 0 Å². The average Bonchev–Trinajstić information content (AvgIpc) is 2.36. The first-order valence-corrected chi connectivity index (χ1v) is 5.10. The van der Waals surface area contributed by atoms with Crippen LogP contribution < -0.4 is 10.1 Å². The van der Waals surface area contributed by atoms with Gasteiger partial charge in [-0.2, -0.15) is 0 Å². The lowest BCUT2D eigenvalue weighted by atomic mass is 10.1. The summed E-state index contributed by atoms with van der Waals surface area (Å²) in [5.41, 5.74) is 0.907. The van der Waals surface area contributed by atoms with E-state index in [2.05, 4.69) is 10.3 Å². The van der Waals surface area contributed by atoms with Crippen molar-refractivity contribution in [3.63, 3.8) is 0 Å². The molecule has 0 aliphatic rings. The van der Waals surface area contributed by atoms with Crippen molar-refractivity contribution in [2.75, 3.05) is 19.5 Å². The number of aromatic nitrogens is 1. The van der Waals surface area contributed by atoms with Crippen molar-refractivity contribution in [2.45, 2.75) is 6.43 Å². The molecule has 0 saturated carbocycles. The molecule has 0 bridgehead atoms. The van der Waals surface area contributed by atoms with Crippen molar-refractivity contribution in [3.05, 3.63) is 30.0 Å². The van der Waals surface area contributed by atoms with E-state index in [1.54, 1.807) is 32.4 Å². The molecule has 17 heavy (non-hydrogen) atoms. The lowest BCUT2D eigenvalue weighted by Gasteiger charge is -2.10. The SMILES string of the molecule is CNc1cc(C(F)F)nc2ccc(OC)cc12. The van der Waals surface area contributed by atoms with E-state index in [1.807, 2.05) is 0 Å². The van der Waals surface area contributed by atoms with E-state index >= 15 is 0 Å². The quantitative estimate of drug-likeness (QED) is 0.891. The molecular formula is C12H12F2N2O. The number of ether oxygens (including phenoxy) is 1. The molecule has 0 amide bonds. The highest BCUT2D eigenvalue weighted by atomic mass is 19.3. The van der Waals surface area contributed by atoms with Crippen molar-refractivity contribution < 1.29 is 13.5 Å². The van der Waals surface area contributed by atoms with E-state index in [4.69, 9.17) is 4.74 Å². The van der Waals surface area contributed by atoms with Crippen molar-refractivity contribution >= 4 is 16.6 Å². The van der Waals surface area contributed by atoms with Crippen LogP contribution in [0.15, 0.2) is 24.3 Å². The number of halogens is 2. The lowest BCUT2D eigenvalue weighted by Crippen LogP contribution is -1.97. The molecule has 0 aliphatic carbocycles. The second-order valence-electron chi connectivity index (χ2n) is 3.53. The van der Waals surface area contributed by atoms with Gasteiger partial charge in [0.05, 0.1) is 12.6 Å². The van der Waals surface area contributed by atoms with E-state index in [1.165, 1.54) is 6.07 Å². The molecule has 0 fully saturated rings. The number of benzene rings is 1. The van der Waals surface area contributed by atoms with E-state index < -0.39 is 6.43 Å². The maximum absolute atomic E-state index is 12.6. The number of rotatable bonds is 3. The number of hydrogen-bond acceptors (Lipinski definition) is 3. The molecule has 2 rings (SSSR count). The van der Waals surface area contributed by atoms with Crippen LogP contribution in [0.4, 0.5) is 14.5 Å². The van der Waals surface area contributed by atoms with E-state index in [-0.39, 0.29) is 5.69 Å². The maximum atomic E-state index is 12.6. The summed E-state index contributed by atoms with van der Waals surface area (Å²) in [5.74, 6) is 0.667. The predicted molar refractivity (Wildman–Crippen MR) is 62.8 cm³/mol. The number of methoxy groups -OCH3 is 1. The molecule has 1 N–H and O–H groups in total. The Bertz CT molecular complexity index is 543. The molecule has 0 aliphatic heterocycles. The summed E-state index contributed by atoms with van der Waals surface area (Å²) in [6.45, 7) is 0. The monoisotopic (exact) mass is 238 g/mol. The Morgan fingerprint density at radius 3 is 2.65 bits per heavy atom. The summed E-state index contributed by atoms with van der Waals surface area (Å²) < 4.78 is 30.4. The molecule has 1 aromatic carbocycles. The third-order valence-electron chi connectivity index (χ3n) is 2.53. The summed E-state index contributed by atoms with van der Waals surface area (Å²) in [6.07, 6.45) is -2.58. The molecular weight excluding hydrogens is 226 g/mol. The van der Waals surface area contributed by atoms with Crippen LogP contribution in [0.3, 0.4) is 0 Å². The number of alkyl halides is 2. The molecule has 0 spiro atoms.